The average Bonchev–Trinajstić information content (AvgIpc) is 3.86. The van der Waals surface area contributed by atoms with Crippen LogP contribution in [0.3, 0.4) is 0 Å². The van der Waals surface area contributed by atoms with Crippen molar-refractivity contribution in [1.29, 1.82) is 0 Å². The molecule has 2 aromatic heterocycles. The first-order valence-electron chi connectivity index (χ1n) is 20.1. The molecule has 2 nitrogen and oxygen atoms in total. The molecule has 1 aliphatic carbocycles. The summed E-state index contributed by atoms with van der Waals surface area (Å²) in [6.07, 6.45) is 12.7. The van der Waals surface area contributed by atoms with Crippen molar-refractivity contribution < 1.29 is 4.42 Å². The van der Waals surface area contributed by atoms with Gasteiger partial charge in [0.2, 0.25) is 0 Å². The molecule has 0 amide bonds. The highest BCUT2D eigenvalue weighted by Crippen LogP contribution is 2.42. The number of hydrogen-bond donors (Lipinski definition) is 0. The van der Waals surface area contributed by atoms with Crippen LogP contribution < -0.4 is 0 Å². The fourth-order valence-electron chi connectivity index (χ4n) is 7.58. The molecule has 0 unspecified atom stereocenters. The molecule has 7 aromatic carbocycles. The zero-order chi connectivity index (χ0) is 39.8. The third kappa shape index (κ3) is 7.96. The standard InChI is InChI=1S/C48H31NO.2C4H8/c1-2-7-31(8-3-1)36-14-16-40-25-41-17-15-37(27-44(41)43(40)26-36)32-9-4-10-33(23-32)38-18-20-47-45(28-38)46-29-39(19-21-48(46)50-47)34-11-5-12-35(24-34)42-13-6-22-49-30-42;2*1-3-4-2/h1-24,26-30H,25H2;2*3-4H,1-2H3/b;2*4-3-. The molecule has 10 rings (SSSR count). The van der Waals surface area contributed by atoms with Gasteiger partial charge in [0.1, 0.15) is 11.2 Å². The van der Waals surface area contributed by atoms with E-state index in [0.717, 1.165) is 45.0 Å². The van der Waals surface area contributed by atoms with Gasteiger partial charge in [-0.05, 0) is 161 Å². The van der Waals surface area contributed by atoms with E-state index in [2.05, 4.69) is 163 Å². The molecule has 0 saturated heterocycles. The van der Waals surface area contributed by atoms with Gasteiger partial charge in [-0.3, -0.25) is 4.98 Å². The SMILES string of the molecule is C/C=C\C.C/C=C\C.c1ccc(-c2ccc3c(c2)-c2cc(-c4cccc(-c5ccc6oc7ccc(-c8cccc(-c9cccnc9)c8)cc7c6c5)c4)ccc2C3)cc1. The van der Waals surface area contributed by atoms with Gasteiger partial charge in [0, 0.05) is 28.7 Å². The highest BCUT2D eigenvalue weighted by Gasteiger charge is 2.20. The zero-order valence-electron chi connectivity index (χ0n) is 33.6. The summed E-state index contributed by atoms with van der Waals surface area (Å²) >= 11 is 0. The number of allylic oxidation sites excluding steroid dienone is 4. The van der Waals surface area contributed by atoms with Gasteiger partial charge in [-0.25, -0.2) is 0 Å². The van der Waals surface area contributed by atoms with Gasteiger partial charge in [-0.15, -0.1) is 0 Å². The second-order valence-corrected chi connectivity index (χ2v) is 14.5. The first-order valence-corrected chi connectivity index (χ1v) is 20.1. The van der Waals surface area contributed by atoms with Crippen molar-refractivity contribution >= 4 is 21.9 Å². The summed E-state index contributed by atoms with van der Waals surface area (Å²) in [5.74, 6) is 0. The van der Waals surface area contributed by atoms with Crippen molar-refractivity contribution in [1.82, 2.24) is 4.98 Å². The van der Waals surface area contributed by atoms with Crippen molar-refractivity contribution in [3.63, 3.8) is 0 Å². The van der Waals surface area contributed by atoms with Crippen LogP contribution in [-0.2, 0) is 6.42 Å². The second kappa shape index (κ2) is 17.4. The summed E-state index contributed by atoms with van der Waals surface area (Å²) in [5.41, 5.74) is 19.2. The number of aromatic nitrogens is 1. The average molecular weight is 750 g/mol. The fourth-order valence-corrected chi connectivity index (χ4v) is 7.58. The van der Waals surface area contributed by atoms with Gasteiger partial charge in [0.25, 0.3) is 0 Å². The molecular weight excluding hydrogens is 703 g/mol. The Morgan fingerprint density at radius 2 is 0.793 bits per heavy atom. The molecule has 0 bridgehead atoms. The lowest BCUT2D eigenvalue weighted by Crippen LogP contribution is -1.85. The first-order chi connectivity index (χ1) is 28.6. The molecule has 0 fully saturated rings. The molecule has 0 saturated carbocycles. The van der Waals surface area contributed by atoms with Crippen LogP contribution in [-0.4, -0.2) is 4.98 Å². The number of pyridine rings is 1. The molecule has 0 N–H and O–H groups in total. The Labute approximate surface area is 342 Å². The minimum Gasteiger partial charge on any atom is -0.456 e. The summed E-state index contributed by atoms with van der Waals surface area (Å²) < 4.78 is 6.32. The fraction of sp³-hybridized carbons (Fsp3) is 0.0893. The number of fused-ring (bicyclic) bond motifs is 6. The molecule has 0 radical (unpaired) electrons. The van der Waals surface area contributed by atoms with Crippen molar-refractivity contribution in [2.24, 2.45) is 0 Å². The van der Waals surface area contributed by atoms with Crippen LogP contribution in [0, 0.1) is 0 Å². The smallest absolute Gasteiger partial charge is 0.135 e. The summed E-state index contributed by atoms with van der Waals surface area (Å²) in [4.78, 5) is 4.31. The Morgan fingerprint density at radius 3 is 1.28 bits per heavy atom. The number of benzene rings is 7. The molecule has 0 aliphatic heterocycles. The minimum atomic E-state index is 0.895. The van der Waals surface area contributed by atoms with E-state index in [0.29, 0.717) is 0 Å². The van der Waals surface area contributed by atoms with E-state index in [4.69, 9.17) is 4.42 Å². The normalized spacial score (nSPS) is 11.6. The third-order valence-electron chi connectivity index (χ3n) is 10.9. The van der Waals surface area contributed by atoms with Gasteiger partial charge in [-0.2, -0.15) is 0 Å². The summed E-state index contributed by atoms with van der Waals surface area (Å²) in [7, 11) is 0. The zero-order valence-corrected chi connectivity index (χ0v) is 33.6. The van der Waals surface area contributed by atoms with Crippen molar-refractivity contribution in [2.45, 2.75) is 34.1 Å². The number of rotatable bonds is 5. The maximum absolute atomic E-state index is 6.32. The molecule has 2 heterocycles. The van der Waals surface area contributed by atoms with E-state index in [-0.39, 0.29) is 0 Å². The second-order valence-electron chi connectivity index (χ2n) is 14.5. The van der Waals surface area contributed by atoms with E-state index >= 15 is 0 Å². The molecular formula is C56H47NO. The lowest BCUT2D eigenvalue weighted by Gasteiger charge is -2.10. The summed E-state index contributed by atoms with van der Waals surface area (Å²) in [5, 5.41) is 2.24. The monoisotopic (exact) mass is 749 g/mol. The molecule has 282 valence electrons. The van der Waals surface area contributed by atoms with Crippen LogP contribution in [0.4, 0.5) is 0 Å². The maximum atomic E-state index is 6.32. The molecule has 0 spiro atoms. The van der Waals surface area contributed by atoms with E-state index in [9.17, 15) is 0 Å². The Kier molecular flexibility index (Phi) is 11.4. The van der Waals surface area contributed by atoms with E-state index < -0.39 is 0 Å². The predicted octanol–water partition coefficient (Wildman–Crippen LogP) is 16.1. The van der Waals surface area contributed by atoms with Gasteiger partial charge >= 0.3 is 0 Å². The lowest BCUT2D eigenvalue weighted by molar-refractivity contribution is 0.669. The van der Waals surface area contributed by atoms with Crippen LogP contribution in [0.15, 0.2) is 205 Å². The third-order valence-corrected chi connectivity index (χ3v) is 10.9. The Hall–Kier alpha value is -7.03. The first kappa shape index (κ1) is 37.9. The van der Waals surface area contributed by atoms with Crippen molar-refractivity contribution in [2.75, 3.05) is 0 Å². The van der Waals surface area contributed by atoms with Gasteiger partial charge in [0.05, 0.1) is 0 Å². The largest absolute Gasteiger partial charge is 0.456 e. The molecule has 58 heavy (non-hydrogen) atoms. The van der Waals surface area contributed by atoms with Gasteiger partial charge in [-0.1, -0.05) is 133 Å². The number of hydrogen-bond acceptors (Lipinski definition) is 2. The number of nitrogens with zero attached hydrogens (tertiary/aromatic N) is 1. The van der Waals surface area contributed by atoms with Crippen LogP contribution in [0.2, 0.25) is 0 Å². The van der Waals surface area contributed by atoms with E-state index in [1.54, 1.807) is 0 Å². The summed E-state index contributed by atoms with van der Waals surface area (Å²) in [6, 6.07) is 59.3. The Morgan fingerprint density at radius 1 is 0.379 bits per heavy atom. The van der Waals surface area contributed by atoms with Crippen molar-refractivity contribution in [3.8, 4) is 66.8 Å². The van der Waals surface area contributed by atoms with E-state index in [1.807, 2.05) is 70.5 Å². The minimum absolute atomic E-state index is 0.895. The van der Waals surface area contributed by atoms with Crippen LogP contribution in [0.1, 0.15) is 38.8 Å². The van der Waals surface area contributed by atoms with Crippen molar-refractivity contribution in [3.05, 3.63) is 212 Å². The highest BCUT2D eigenvalue weighted by atomic mass is 16.3. The van der Waals surface area contributed by atoms with Crippen LogP contribution in [0.25, 0.3) is 88.7 Å². The number of furan rings is 1. The van der Waals surface area contributed by atoms with Crippen LogP contribution >= 0.6 is 0 Å². The molecule has 1 aliphatic rings. The Bertz CT molecular complexity index is 2880. The van der Waals surface area contributed by atoms with E-state index in [1.165, 1.54) is 61.2 Å². The Balaban J connectivity index is 0.000000541. The molecule has 9 aromatic rings. The molecule has 0 atom stereocenters. The highest BCUT2D eigenvalue weighted by molar-refractivity contribution is 6.07. The predicted molar refractivity (Wildman–Crippen MR) is 248 cm³/mol. The topological polar surface area (TPSA) is 26.0 Å². The lowest BCUT2D eigenvalue weighted by atomic mass is 9.94. The summed E-state index contributed by atoms with van der Waals surface area (Å²) in [6.45, 7) is 8.00. The molecule has 2 heteroatoms. The van der Waals surface area contributed by atoms with Gasteiger partial charge < -0.3 is 4.42 Å². The quantitative estimate of drug-likeness (QED) is 0.164. The maximum Gasteiger partial charge on any atom is 0.135 e. The van der Waals surface area contributed by atoms with Gasteiger partial charge in [0.15, 0.2) is 0 Å². The van der Waals surface area contributed by atoms with Crippen LogP contribution in [0.5, 0.6) is 0 Å².